The lowest BCUT2D eigenvalue weighted by molar-refractivity contribution is -0.120. The first-order valence-corrected chi connectivity index (χ1v) is 9.22. The molecule has 2 aromatic rings. The van der Waals surface area contributed by atoms with E-state index in [9.17, 15) is 4.79 Å². The lowest BCUT2D eigenvalue weighted by atomic mass is 10.1. The van der Waals surface area contributed by atoms with Crippen LogP contribution in [0.15, 0.2) is 46.9 Å². The summed E-state index contributed by atoms with van der Waals surface area (Å²) in [6.07, 6.45) is 2.46. The Kier molecular flexibility index (Phi) is 7.79. The standard InChI is InChI=1S/C20H24BrNO3/c1-3-4-11-25-18-10-7-16(12-19(18)24-2)14-22-20(23)13-15-5-8-17(21)9-6-15/h5-10,12H,3-4,11,13-14H2,1-2H3,(H,22,23). The maximum Gasteiger partial charge on any atom is 0.224 e. The minimum absolute atomic E-state index is 0.00967. The van der Waals surface area contributed by atoms with Crippen LogP contribution in [0.4, 0.5) is 0 Å². The van der Waals surface area contributed by atoms with Crippen LogP contribution < -0.4 is 14.8 Å². The Bertz CT molecular complexity index is 686. The molecule has 0 bridgehead atoms. The predicted molar refractivity (Wildman–Crippen MR) is 103 cm³/mol. The van der Waals surface area contributed by atoms with Crippen LogP contribution >= 0.6 is 15.9 Å². The summed E-state index contributed by atoms with van der Waals surface area (Å²) in [5.74, 6) is 1.42. The molecule has 1 amide bonds. The number of halogens is 1. The number of hydrogen-bond donors (Lipinski definition) is 1. The number of benzene rings is 2. The highest BCUT2D eigenvalue weighted by atomic mass is 79.9. The largest absolute Gasteiger partial charge is 0.493 e. The number of amides is 1. The number of unbranched alkanes of at least 4 members (excludes halogenated alkanes) is 1. The number of ether oxygens (including phenoxy) is 2. The average molecular weight is 406 g/mol. The van der Waals surface area contributed by atoms with Crippen molar-refractivity contribution in [2.24, 2.45) is 0 Å². The molecule has 0 aliphatic heterocycles. The molecule has 0 heterocycles. The van der Waals surface area contributed by atoms with Crippen molar-refractivity contribution >= 4 is 21.8 Å². The van der Waals surface area contributed by atoms with Gasteiger partial charge in [-0.3, -0.25) is 4.79 Å². The van der Waals surface area contributed by atoms with Gasteiger partial charge in [0.1, 0.15) is 0 Å². The third-order valence-corrected chi connectivity index (χ3v) is 4.28. The molecular weight excluding hydrogens is 382 g/mol. The molecule has 0 atom stereocenters. The summed E-state index contributed by atoms with van der Waals surface area (Å²) in [6, 6.07) is 13.5. The fraction of sp³-hybridized carbons (Fsp3) is 0.350. The van der Waals surface area contributed by atoms with Crippen molar-refractivity contribution in [3.8, 4) is 11.5 Å². The minimum Gasteiger partial charge on any atom is -0.493 e. The van der Waals surface area contributed by atoms with Gasteiger partial charge in [-0.05, 0) is 41.8 Å². The maximum atomic E-state index is 12.1. The van der Waals surface area contributed by atoms with Crippen LogP contribution in [-0.2, 0) is 17.8 Å². The molecule has 0 saturated heterocycles. The molecule has 0 radical (unpaired) electrons. The number of carbonyl (C=O) groups excluding carboxylic acids is 1. The van der Waals surface area contributed by atoms with Crippen LogP contribution in [-0.4, -0.2) is 19.6 Å². The van der Waals surface area contributed by atoms with E-state index in [4.69, 9.17) is 9.47 Å². The van der Waals surface area contributed by atoms with Crippen molar-refractivity contribution in [1.82, 2.24) is 5.32 Å². The van der Waals surface area contributed by atoms with E-state index in [-0.39, 0.29) is 5.91 Å². The van der Waals surface area contributed by atoms with Crippen LogP contribution in [0.5, 0.6) is 11.5 Å². The second-order valence-corrected chi connectivity index (χ2v) is 6.68. The van der Waals surface area contributed by atoms with Crippen LogP contribution in [0.1, 0.15) is 30.9 Å². The van der Waals surface area contributed by atoms with Crippen molar-refractivity contribution in [3.05, 3.63) is 58.1 Å². The number of carbonyl (C=O) groups is 1. The quantitative estimate of drug-likeness (QED) is 0.624. The van der Waals surface area contributed by atoms with Crippen molar-refractivity contribution < 1.29 is 14.3 Å². The summed E-state index contributed by atoms with van der Waals surface area (Å²) in [7, 11) is 1.62. The van der Waals surface area contributed by atoms with Gasteiger partial charge in [0.25, 0.3) is 0 Å². The summed E-state index contributed by atoms with van der Waals surface area (Å²) < 4.78 is 12.1. The maximum absolute atomic E-state index is 12.1. The molecule has 25 heavy (non-hydrogen) atoms. The lowest BCUT2D eigenvalue weighted by Gasteiger charge is -2.12. The molecule has 134 valence electrons. The van der Waals surface area contributed by atoms with E-state index < -0.39 is 0 Å². The van der Waals surface area contributed by atoms with Crippen LogP contribution in [0.2, 0.25) is 0 Å². The Morgan fingerprint density at radius 2 is 1.80 bits per heavy atom. The molecule has 0 fully saturated rings. The molecule has 0 aromatic heterocycles. The van der Waals surface area contributed by atoms with Crippen LogP contribution in [0, 0.1) is 0 Å². The highest BCUT2D eigenvalue weighted by Crippen LogP contribution is 2.28. The number of rotatable bonds is 9. The van der Waals surface area contributed by atoms with Gasteiger partial charge in [0.15, 0.2) is 11.5 Å². The van der Waals surface area contributed by atoms with Crippen LogP contribution in [0.25, 0.3) is 0 Å². The van der Waals surface area contributed by atoms with Gasteiger partial charge < -0.3 is 14.8 Å². The van der Waals surface area contributed by atoms with E-state index in [1.54, 1.807) is 7.11 Å². The molecule has 0 aliphatic carbocycles. The smallest absolute Gasteiger partial charge is 0.224 e. The first kappa shape index (κ1) is 19.3. The van der Waals surface area contributed by atoms with Gasteiger partial charge in [0.05, 0.1) is 20.1 Å². The van der Waals surface area contributed by atoms with Gasteiger partial charge >= 0.3 is 0 Å². The average Bonchev–Trinajstić information content (AvgIpc) is 2.62. The lowest BCUT2D eigenvalue weighted by Crippen LogP contribution is -2.24. The fourth-order valence-electron chi connectivity index (χ4n) is 2.32. The van der Waals surface area contributed by atoms with Gasteiger partial charge in [-0.1, -0.05) is 47.5 Å². The Morgan fingerprint density at radius 3 is 2.48 bits per heavy atom. The third kappa shape index (κ3) is 6.42. The molecule has 0 unspecified atom stereocenters. The summed E-state index contributed by atoms with van der Waals surface area (Å²) >= 11 is 3.39. The van der Waals surface area contributed by atoms with Gasteiger partial charge in [-0.25, -0.2) is 0 Å². The third-order valence-electron chi connectivity index (χ3n) is 3.75. The summed E-state index contributed by atoms with van der Waals surface area (Å²) in [5, 5.41) is 2.94. The van der Waals surface area contributed by atoms with E-state index in [1.165, 1.54) is 0 Å². The summed E-state index contributed by atoms with van der Waals surface area (Å²) in [6.45, 7) is 3.26. The number of hydrogen-bond acceptors (Lipinski definition) is 3. The first-order valence-electron chi connectivity index (χ1n) is 8.43. The summed E-state index contributed by atoms with van der Waals surface area (Å²) in [4.78, 5) is 12.1. The Hall–Kier alpha value is -2.01. The molecule has 1 N–H and O–H groups in total. The van der Waals surface area contributed by atoms with E-state index in [0.29, 0.717) is 25.3 Å². The molecule has 4 nitrogen and oxygen atoms in total. The molecular formula is C20H24BrNO3. The molecule has 2 aromatic carbocycles. The first-order chi connectivity index (χ1) is 12.1. The van der Waals surface area contributed by atoms with Crippen LogP contribution in [0.3, 0.4) is 0 Å². The van der Waals surface area contributed by atoms with E-state index in [2.05, 4.69) is 28.2 Å². The molecule has 0 spiro atoms. The number of methoxy groups -OCH3 is 1. The second-order valence-electron chi connectivity index (χ2n) is 5.77. The van der Waals surface area contributed by atoms with Crippen molar-refractivity contribution in [3.63, 3.8) is 0 Å². The SMILES string of the molecule is CCCCOc1ccc(CNC(=O)Cc2ccc(Br)cc2)cc1OC. The van der Waals surface area contributed by atoms with Gasteiger partial charge in [0.2, 0.25) is 5.91 Å². The minimum atomic E-state index is -0.00967. The summed E-state index contributed by atoms with van der Waals surface area (Å²) in [5.41, 5.74) is 1.96. The molecule has 5 heteroatoms. The normalized spacial score (nSPS) is 10.4. The second kappa shape index (κ2) is 10.1. The molecule has 0 saturated carbocycles. The zero-order chi connectivity index (χ0) is 18.1. The zero-order valence-corrected chi connectivity index (χ0v) is 16.3. The van der Waals surface area contributed by atoms with Gasteiger partial charge in [0, 0.05) is 11.0 Å². The molecule has 2 rings (SSSR count). The topological polar surface area (TPSA) is 47.6 Å². The van der Waals surface area contributed by atoms with E-state index in [0.717, 1.165) is 34.2 Å². The predicted octanol–water partition coefficient (Wildman–Crippen LogP) is 4.50. The highest BCUT2D eigenvalue weighted by molar-refractivity contribution is 9.10. The van der Waals surface area contributed by atoms with E-state index >= 15 is 0 Å². The Labute approximate surface area is 157 Å². The Balaban J connectivity index is 1.89. The van der Waals surface area contributed by atoms with Gasteiger partial charge in [-0.15, -0.1) is 0 Å². The van der Waals surface area contributed by atoms with Crippen molar-refractivity contribution in [1.29, 1.82) is 0 Å². The number of nitrogens with one attached hydrogen (secondary N) is 1. The van der Waals surface area contributed by atoms with E-state index in [1.807, 2.05) is 42.5 Å². The monoisotopic (exact) mass is 405 g/mol. The highest BCUT2D eigenvalue weighted by Gasteiger charge is 2.08. The zero-order valence-electron chi connectivity index (χ0n) is 14.7. The molecule has 0 aliphatic rings. The Morgan fingerprint density at radius 1 is 1.08 bits per heavy atom. The van der Waals surface area contributed by atoms with Gasteiger partial charge in [-0.2, -0.15) is 0 Å². The van der Waals surface area contributed by atoms with Crippen molar-refractivity contribution in [2.75, 3.05) is 13.7 Å². The fourth-order valence-corrected chi connectivity index (χ4v) is 2.58. The van der Waals surface area contributed by atoms with Crippen molar-refractivity contribution in [2.45, 2.75) is 32.7 Å².